The molecule has 2 N–H and O–H groups in total. The first kappa shape index (κ1) is 31.3. The van der Waals surface area contributed by atoms with Crippen molar-refractivity contribution in [3.05, 3.63) is 0 Å². The molecule has 0 aromatic carbocycles. The number of rotatable bonds is 8. The van der Waals surface area contributed by atoms with E-state index in [2.05, 4.69) is 45.4 Å². The molecule has 5 rings (SSSR count). The van der Waals surface area contributed by atoms with E-state index in [1.54, 1.807) is 6.92 Å². The Morgan fingerprint density at radius 2 is 1.71 bits per heavy atom. The summed E-state index contributed by atoms with van der Waals surface area (Å²) in [5, 5.41) is 9.32. The monoisotopic (exact) mass is 585 g/mol. The lowest BCUT2D eigenvalue weighted by atomic mass is 9.44. The van der Waals surface area contributed by atoms with E-state index < -0.39 is 0 Å². The minimum atomic E-state index is -0.154. The Morgan fingerprint density at radius 1 is 1.00 bits per heavy atom. The van der Waals surface area contributed by atoms with Gasteiger partial charge in [-0.15, -0.1) is 0 Å². The second kappa shape index (κ2) is 12.8. The van der Waals surface area contributed by atoms with E-state index in [1.165, 1.54) is 76.3 Å². The summed E-state index contributed by atoms with van der Waals surface area (Å²) < 4.78 is 5.80. The third-order valence-electron chi connectivity index (χ3n) is 13.0. The first-order chi connectivity index (χ1) is 19.5. The second-order valence-electron chi connectivity index (χ2n) is 15.8. The summed E-state index contributed by atoms with van der Waals surface area (Å²) in [7, 11) is 0. The summed E-state index contributed by atoms with van der Waals surface area (Å²) in [5.41, 5.74) is 5.26. The van der Waals surface area contributed by atoms with Crippen molar-refractivity contribution in [3.8, 4) is 0 Å². The molecule has 5 fully saturated rings. The zero-order valence-electron chi connectivity index (χ0n) is 27.0. The van der Waals surface area contributed by atoms with Crippen molar-refractivity contribution in [1.82, 2.24) is 10.7 Å². The van der Waals surface area contributed by atoms with Gasteiger partial charge in [0.25, 0.3) is 0 Å². The lowest BCUT2D eigenvalue weighted by Crippen LogP contribution is -2.57. The van der Waals surface area contributed by atoms with Crippen molar-refractivity contribution >= 4 is 29.0 Å². The highest BCUT2D eigenvalue weighted by Crippen LogP contribution is 2.68. The number of ether oxygens (including phenoxy) is 1. The zero-order valence-corrected chi connectivity index (χ0v) is 27.8. The summed E-state index contributed by atoms with van der Waals surface area (Å²) in [6, 6.07) is 0.483. The van der Waals surface area contributed by atoms with Crippen LogP contribution in [0.3, 0.4) is 0 Å². The molecule has 0 spiro atoms. The fourth-order valence-electron chi connectivity index (χ4n) is 10.9. The van der Waals surface area contributed by atoms with Crippen LogP contribution in [-0.2, 0) is 9.53 Å². The van der Waals surface area contributed by atoms with Crippen molar-refractivity contribution in [2.45, 2.75) is 150 Å². The summed E-state index contributed by atoms with van der Waals surface area (Å²) in [6.45, 7) is 14.1. The van der Waals surface area contributed by atoms with Gasteiger partial charge in [0, 0.05) is 24.6 Å². The molecule has 0 unspecified atom stereocenters. The topological polar surface area (TPSA) is 62.7 Å². The van der Waals surface area contributed by atoms with Crippen molar-refractivity contribution in [2.24, 2.45) is 57.4 Å². The number of carbonyl (C=O) groups excluding carboxylic acids is 1. The first-order valence-corrected chi connectivity index (χ1v) is 17.7. The van der Waals surface area contributed by atoms with Crippen LogP contribution in [0.4, 0.5) is 0 Å². The fourth-order valence-corrected chi connectivity index (χ4v) is 11.1. The van der Waals surface area contributed by atoms with Gasteiger partial charge >= 0.3 is 5.97 Å². The van der Waals surface area contributed by atoms with Gasteiger partial charge in [-0.2, -0.15) is 5.10 Å². The Hall–Kier alpha value is -1.17. The number of nitrogens with one attached hydrogen (secondary N) is 2. The van der Waals surface area contributed by atoms with Gasteiger partial charge in [0.2, 0.25) is 0 Å². The molecule has 0 radical (unpaired) electrons. The summed E-state index contributed by atoms with van der Waals surface area (Å²) in [6.07, 6.45) is 18.7. The lowest BCUT2D eigenvalue weighted by molar-refractivity contribution is -0.153. The predicted octanol–water partition coefficient (Wildman–Crippen LogP) is 8.41. The van der Waals surface area contributed by atoms with E-state index in [1.807, 2.05) is 0 Å². The van der Waals surface area contributed by atoms with Gasteiger partial charge < -0.3 is 10.1 Å². The molecule has 232 valence electrons. The number of fused-ring (bicyclic) bond motifs is 5. The minimum absolute atomic E-state index is 0.00676. The van der Waals surface area contributed by atoms with E-state index >= 15 is 0 Å². The van der Waals surface area contributed by atoms with Gasteiger partial charge in [-0.3, -0.25) is 10.2 Å². The van der Waals surface area contributed by atoms with Crippen LogP contribution < -0.4 is 10.7 Å². The number of hydrogen-bond donors (Lipinski definition) is 2. The highest BCUT2D eigenvalue weighted by molar-refractivity contribution is 7.80. The Kier molecular flexibility index (Phi) is 9.78. The van der Waals surface area contributed by atoms with Crippen molar-refractivity contribution in [2.75, 3.05) is 0 Å². The number of nitrogens with zero attached hydrogens (tertiary/aromatic N) is 1. The highest BCUT2D eigenvalue weighted by atomic mass is 32.1. The third kappa shape index (κ3) is 6.53. The van der Waals surface area contributed by atoms with Crippen LogP contribution >= 0.6 is 12.2 Å². The third-order valence-corrected chi connectivity index (χ3v) is 13.2. The molecule has 0 bridgehead atoms. The van der Waals surface area contributed by atoms with E-state index in [9.17, 15) is 4.79 Å². The molecule has 41 heavy (non-hydrogen) atoms. The largest absolute Gasteiger partial charge is 0.463 e. The Labute approximate surface area is 256 Å². The average Bonchev–Trinajstić information content (AvgIpc) is 3.54. The van der Waals surface area contributed by atoms with Crippen LogP contribution in [0.5, 0.6) is 0 Å². The number of carbonyl (C=O) groups is 1. The summed E-state index contributed by atoms with van der Waals surface area (Å²) in [4.78, 5) is 11.9. The van der Waals surface area contributed by atoms with E-state index in [4.69, 9.17) is 22.1 Å². The molecule has 0 heterocycles. The standard InChI is InChI=1S/C35H59N3O2S/c1-22(2)10-9-11-23(3)28-14-15-29-27-21-32(37-38-33(41)36-25-12-7-8-13-25)31-20-26(40-24(4)39)16-18-35(31,6)30(27)17-19-34(28,29)5/h22-23,25-31H,7-21H2,1-6H3,(H2,36,38,41)/b37-32+/t23-,26+,27+,28-,29+,30+,31-,34-,35-/m1/s1. The van der Waals surface area contributed by atoms with Gasteiger partial charge in [-0.1, -0.05) is 66.7 Å². The second-order valence-corrected chi connectivity index (χ2v) is 16.3. The first-order valence-electron chi connectivity index (χ1n) is 17.3. The molecule has 6 heteroatoms. The lowest BCUT2D eigenvalue weighted by Gasteiger charge is -2.61. The van der Waals surface area contributed by atoms with Gasteiger partial charge in [0.1, 0.15) is 6.10 Å². The Morgan fingerprint density at radius 3 is 2.41 bits per heavy atom. The molecule has 0 aliphatic heterocycles. The number of hydrogen-bond acceptors (Lipinski definition) is 4. The van der Waals surface area contributed by atoms with Gasteiger partial charge in [0.15, 0.2) is 5.11 Å². The van der Waals surface area contributed by atoms with Crippen LogP contribution in [-0.4, -0.2) is 28.9 Å². The summed E-state index contributed by atoms with van der Waals surface area (Å²) in [5.74, 6) is 4.90. The molecule has 0 aromatic rings. The molecule has 5 nitrogen and oxygen atoms in total. The van der Waals surface area contributed by atoms with Crippen LogP contribution in [0, 0.1) is 52.3 Å². The Balaban J connectivity index is 1.36. The number of esters is 1. The van der Waals surface area contributed by atoms with Gasteiger partial charge in [0.05, 0.1) is 0 Å². The molecule has 0 amide bonds. The molecular weight excluding hydrogens is 526 g/mol. The van der Waals surface area contributed by atoms with Gasteiger partial charge in [-0.25, -0.2) is 0 Å². The van der Waals surface area contributed by atoms with E-state index in [-0.39, 0.29) is 17.5 Å². The van der Waals surface area contributed by atoms with Crippen LogP contribution in [0.1, 0.15) is 138 Å². The molecule has 0 aromatic heterocycles. The van der Waals surface area contributed by atoms with E-state index in [0.717, 1.165) is 55.3 Å². The maximum atomic E-state index is 11.9. The maximum Gasteiger partial charge on any atom is 0.302 e. The SMILES string of the molecule is CC(=O)O[C@H]1CC[C@@]2(C)[C@H](C1)/C(=N/NC(=S)NC1CCCC1)C[C@@H]1[C@@H]2CC[C@]2(C)[C@@H]([C@H](C)CCCC(C)C)CC[C@@H]12. The van der Waals surface area contributed by atoms with Crippen molar-refractivity contribution in [3.63, 3.8) is 0 Å². The maximum absolute atomic E-state index is 11.9. The molecule has 0 saturated heterocycles. The molecule has 9 atom stereocenters. The van der Waals surface area contributed by atoms with Crippen molar-refractivity contribution < 1.29 is 9.53 Å². The normalized spacial score (nSPS) is 40.5. The molecule has 5 saturated carbocycles. The minimum Gasteiger partial charge on any atom is -0.463 e. The molecular formula is C35H59N3O2S. The fraction of sp³-hybridized carbons (Fsp3) is 0.914. The Bertz CT molecular complexity index is 976. The molecule has 5 aliphatic rings. The zero-order chi connectivity index (χ0) is 29.4. The molecule has 5 aliphatic carbocycles. The number of thiocarbonyl (C=S) groups is 1. The van der Waals surface area contributed by atoms with Crippen LogP contribution in [0.15, 0.2) is 5.10 Å². The smallest absolute Gasteiger partial charge is 0.302 e. The average molecular weight is 586 g/mol. The quantitative estimate of drug-likeness (QED) is 0.170. The number of hydrazone groups is 1. The summed E-state index contributed by atoms with van der Waals surface area (Å²) >= 11 is 5.72. The van der Waals surface area contributed by atoms with E-state index in [0.29, 0.717) is 28.4 Å². The predicted molar refractivity (Wildman–Crippen MR) is 173 cm³/mol. The van der Waals surface area contributed by atoms with Crippen LogP contribution in [0.2, 0.25) is 0 Å². The van der Waals surface area contributed by atoms with Crippen molar-refractivity contribution in [1.29, 1.82) is 0 Å². The van der Waals surface area contributed by atoms with Gasteiger partial charge in [-0.05, 0) is 123 Å². The highest BCUT2D eigenvalue weighted by Gasteiger charge is 2.62. The van der Waals surface area contributed by atoms with Crippen LogP contribution in [0.25, 0.3) is 0 Å².